The second-order valence-corrected chi connectivity index (χ2v) is 6.73. The zero-order valence-electron chi connectivity index (χ0n) is 14.7. The molecule has 24 heavy (non-hydrogen) atoms. The van der Waals surface area contributed by atoms with Gasteiger partial charge in [-0.1, -0.05) is 25.1 Å². The summed E-state index contributed by atoms with van der Waals surface area (Å²) < 4.78 is 5.45. The predicted molar refractivity (Wildman–Crippen MR) is 97.6 cm³/mol. The molecule has 1 atom stereocenters. The molecule has 1 aromatic carbocycles. The van der Waals surface area contributed by atoms with E-state index in [-0.39, 0.29) is 11.9 Å². The van der Waals surface area contributed by atoms with Crippen LogP contribution in [0.3, 0.4) is 0 Å². The molecule has 0 spiro atoms. The summed E-state index contributed by atoms with van der Waals surface area (Å²) in [6, 6.07) is 7.95. The molecule has 1 aromatic heterocycles. The van der Waals surface area contributed by atoms with Crippen LogP contribution in [0.1, 0.15) is 29.2 Å². The quantitative estimate of drug-likeness (QED) is 0.798. The topological polar surface area (TPSA) is 54.5 Å². The largest absolute Gasteiger partial charge is 0.496 e. The van der Waals surface area contributed by atoms with E-state index in [0.717, 1.165) is 28.4 Å². The van der Waals surface area contributed by atoms with Crippen molar-refractivity contribution in [2.45, 2.75) is 25.8 Å². The first-order valence-corrected chi connectivity index (χ1v) is 8.92. The molecule has 0 aliphatic carbocycles. The SMILES string of the molecule is CCc1nc(CC(=O)NCC(c2ccccc2OC)N(C)C)cs1. The molecular weight excluding hydrogens is 322 g/mol. The van der Waals surface area contributed by atoms with E-state index < -0.39 is 0 Å². The Labute approximate surface area is 147 Å². The van der Waals surface area contributed by atoms with Crippen molar-refractivity contribution in [2.75, 3.05) is 27.7 Å². The molecule has 1 amide bonds. The molecule has 1 unspecified atom stereocenters. The van der Waals surface area contributed by atoms with Crippen LogP contribution < -0.4 is 10.1 Å². The summed E-state index contributed by atoms with van der Waals surface area (Å²) in [6.07, 6.45) is 1.23. The number of methoxy groups -OCH3 is 1. The number of hydrogen-bond acceptors (Lipinski definition) is 5. The third-order valence-electron chi connectivity index (χ3n) is 3.86. The maximum atomic E-state index is 12.2. The lowest BCUT2D eigenvalue weighted by atomic mass is 10.0. The van der Waals surface area contributed by atoms with E-state index in [0.29, 0.717) is 13.0 Å². The second kappa shape index (κ2) is 8.80. The lowest BCUT2D eigenvalue weighted by Gasteiger charge is -2.26. The summed E-state index contributed by atoms with van der Waals surface area (Å²) in [7, 11) is 5.66. The number of carbonyl (C=O) groups excluding carboxylic acids is 1. The van der Waals surface area contributed by atoms with Gasteiger partial charge in [0.15, 0.2) is 0 Å². The lowest BCUT2D eigenvalue weighted by Crippen LogP contribution is -2.35. The molecule has 0 saturated heterocycles. The van der Waals surface area contributed by atoms with Gasteiger partial charge in [-0.25, -0.2) is 4.98 Å². The van der Waals surface area contributed by atoms with E-state index in [1.807, 2.05) is 43.7 Å². The molecular formula is C18H25N3O2S. The molecule has 2 aromatic rings. The van der Waals surface area contributed by atoms with Gasteiger partial charge in [-0.15, -0.1) is 11.3 Å². The molecule has 1 N–H and O–H groups in total. The van der Waals surface area contributed by atoms with Gasteiger partial charge < -0.3 is 15.0 Å². The first kappa shape index (κ1) is 18.4. The minimum atomic E-state index is -0.00954. The van der Waals surface area contributed by atoms with Crippen LogP contribution in [-0.4, -0.2) is 43.5 Å². The van der Waals surface area contributed by atoms with Crippen LogP contribution in [0.15, 0.2) is 29.6 Å². The Hall–Kier alpha value is -1.92. The molecule has 0 fully saturated rings. The van der Waals surface area contributed by atoms with Gasteiger partial charge in [0.05, 0.1) is 30.3 Å². The number of likely N-dealkylation sites (N-methyl/N-ethyl adjacent to an activating group) is 1. The number of para-hydroxylation sites is 1. The zero-order valence-corrected chi connectivity index (χ0v) is 15.5. The standard InChI is InChI=1S/C18H25N3O2S/c1-5-18-20-13(12-24-18)10-17(22)19-11-15(21(2)3)14-8-6-7-9-16(14)23-4/h6-9,12,15H,5,10-11H2,1-4H3,(H,19,22). The highest BCUT2D eigenvalue weighted by Gasteiger charge is 2.19. The Morgan fingerprint density at radius 1 is 1.38 bits per heavy atom. The van der Waals surface area contributed by atoms with E-state index in [1.54, 1.807) is 18.4 Å². The zero-order chi connectivity index (χ0) is 17.5. The minimum absolute atomic E-state index is 0.00954. The minimum Gasteiger partial charge on any atom is -0.496 e. The van der Waals surface area contributed by atoms with Crippen molar-refractivity contribution in [1.29, 1.82) is 0 Å². The van der Waals surface area contributed by atoms with Crippen LogP contribution in [0.5, 0.6) is 5.75 Å². The van der Waals surface area contributed by atoms with E-state index >= 15 is 0 Å². The molecule has 6 heteroatoms. The van der Waals surface area contributed by atoms with Crippen molar-refractivity contribution >= 4 is 17.2 Å². The van der Waals surface area contributed by atoms with Crippen molar-refractivity contribution in [1.82, 2.24) is 15.2 Å². The fraction of sp³-hybridized carbons (Fsp3) is 0.444. The molecule has 0 saturated carbocycles. The van der Waals surface area contributed by atoms with Crippen molar-refractivity contribution in [3.05, 3.63) is 45.9 Å². The van der Waals surface area contributed by atoms with Crippen molar-refractivity contribution in [3.63, 3.8) is 0 Å². The highest BCUT2D eigenvalue weighted by molar-refractivity contribution is 7.09. The summed E-state index contributed by atoms with van der Waals surface area (Å²) in [6.45, 7) is 2.59. The summed E-state index contributed by atoms with van der Waals surface area (Å²) in [5.41, 5.74) is 1.90. The number of nitrogens with one attached hydrogen (secondary N) is 1. The average molecular weight is 347 g/mol. The Bertz CT molecular complexity index is 670. The van der Waals surface area contributed by atoms with E-state index in [1.165, 1.54) is 0 Å². The molecule has 0 aliphatic heterocycles. The van der Waals surface area contributed by atoms with Crippen molar-refractivity contribution < 1.29 is 9.53 Å². The van der Waals surface area contributed by atoms with Gasteiger partial charge in [-0.2, -0.15) is 0 Å². The number of carbonyl (C=O) groups is 1. The van der Waals surface area contributed by atoms with Gasteiger partial charge in [-0.3, -0.25) is 4.79 Å². The first-order valence-electron chi connectivity index (χ1n) is 8.04. The van der Waals surface area contributed by atoms with Crippen LogP contribution in [0.4, 0.5) is 0 Å². The highest BCUT2D eigenvalue weighted by Crippen LogP contribution is 2.27. The van der Waals surface area contributed by atoms with Gasteiger partial charge in [0, 0.05) is 17.5 Å². The molecule has 5 nitrogen and oxygen atoms in total. The number of nitrogens with zero attached hydrogens (tertiary/aromatic N) is 2. The number of rotatable bonds is 8. The summed E-state index contributed by atoms with van der Waals surface area (Å²) in [5, 5.41) is 6.05. The highest BCUT2D eigenvalue weighted by atomic mass is 32.1. The first-order chi connectivity index (χ1) is 11.5. The van der Waals surface area contributed by atoms with Crippen molar-refractivity contribution in [3.8, 4) is 5.75 Å². The third kappa shape index (κ3) is 4.79. The summed E-state index contributed by atoms with van der Waals surface area (Å²) in [4.78, 5) is 18.7. The lowest BCUT2D eigenvalue weighted by molar-refractivity contribution is -0.120. The molecule has 2 rings (SSSR count). The fourth-order valence-electron chi connectivity index (χ4n) is 2.54. The molecule has 0 radical (unpaired) electrons. The van der Waals surface area contributed by atoms with E-state index in [9.17, 15) is 4.79 Å². The molecule has 130 valence electrons. The van der Waals surface area contributed by atoms with Crippen LogP contribution in [0.25, 0.3) is 0 Å². The molecule has 0 aliphatic rings. The third-order valence-corrected chi connectivity index (χ3v) is 4.90. The Kier molecular flexibility index (Phi) is 6.75. The van der Waals surface area contributed by atoms with Gasteiger partial charge in [0.1, 0.15) is 5.75 Å². The maximum Gasteiger partial charge on any atom is 0.226 e. The number of benzene rings is 1. The Morgan fingerprint density at radius 3 is 2.75 bits per heavy atom. The van der Waals surface area contributed by atoms with Gasteiger partial charge in [0.25, 0.3) is 0 Å². The van der Waals surface area contributed by atoms with E-state index in [4.69, 9.17) is 4.74 Å². The van der Waals surface area contributed by atoms with Crippen LogP contribution in [0, 0.1) is 0 Å². The van der Waals surface area contributed by atoms with Crippen LogP contribution in [0.2, 0.25) is 0 Å². The maximum absolute atomic E-state index is 12.2. The summed E-state index contributed by atoms with van der Waals surface area (Å²) >= 11 is 1.61. The van der Waals surface area contributed by atoms with Crippen LogP contribution in [-0.2, 0) is 17.6 Å². The number of amides is 1. The normalized spacial score (nSPS) is 12.2. The smallest absolute Gasteiger partial charge is 0.226 e. The number of aromatic nitrogens is 1. The fourth-order valence-corrected chi connectivity index (χ4v) is 3.29. The molecule has 0 bridgehead atoms. The van der Waals surface area contributed by atoms with Crippen molar-refractivity contribution in [2.24, 2.45) is 0 Å². The number of aryl methyl sites for hydroxylation is 1. The number of ether oxygens (including phenoxy) is 1. The Morgan fingerprint density at radius 2 is 2.12 bits per heavy atom. The number of thiazole rings is 1. The van der Waals surface area contributed by atoms with Gasteiger partial charge >= 0.3 is 0 Å². The second-order valence-electron chi connectivity index (χ2n) is 5.79. The van der Waals surface area contributed by atoms with Gasteiger partial charge in [0.2, 0.25) is 5.91 Å². The monoisotopic (exact) mass is 347 g/mol. The summed E-state index contributed by atoms with van der Waals surface area (Å²) in [5.74, 6) is 0.822. The van der Waals surface area contributed by atoms with E-state index in [2.05, 4.69) is 22.1 Å². The van der Waals surface area contributed by atoms with Gasteiger partial charge in [-0.05, 0) is 26.6 Å². The predicted octanol–water partition coefficient (Wildman–Crippen LogP) is 2.68. The average Bonchev–Trinajstić information content (AvgIpc) is 3.02. The van der Waals surface area contributed by atoms with Crippen LogP contribution >= 0.6 is 11.3 Å². The Balaban J connectivity index is 1.99. The number of hydrogen-bond donors (Lipinski definition) is 1. The molecule has 1 heterocycles.